The van der Waals surface area contributed by atoms with Crippen LogP contribution in [0, 0.1) is 5.92 Å². The van der Waals surface area contributed by atoms with E-state index in [2.05, 4.69) is 22.3 Å². The summed E-state index contributed by atoms with van der Waals surface area (Å²) in [6.07, 6.45) is 2.83. The molecule has 2 aromatic carbocycles. The summed E-state index contributed by atoms with van der Waals surface area (Å²) in [4.78, 5) is 39.0. The number of nitrogens with one attached hydrogen (secondary N) is 3. The maximum absolute atomic E-state index is 12.9. The topological polar surface area (TPSA) is 125 Å². The molecule has 2 fully saturated rings. The van der Waals surface area contributed by atoms with Crippen LogP contribution in [0.2, 0.25) is 0 Å². The van der Waals surface area contributed by atoms with Gasteiger partial charge in [-0.15, -0.1) is 0 Å². The number of amides is 4. The van der Waals surface area contributed by atoms with Gasteiger partial charge in [-0.3, -0.25) is 19.2 Å². The summed E-state index contributed by atoms with van der Waals surface area (Å²) in [6, 6.07) is 13.6. The van der Waals surface area contributed by atoms with E-state index in [0.29, 0.717) is 24.4 Å². The Bertz CT molecular complexity index is 1170. The first-order valence-corrected chi connectivity index (χ1v) is 12.3. The van der Waals surface area contributed by atoms with Crippen LogP contribution in [0.3, 0.4) is 0 Å². The smallest absolute Gasteiger partial charge is 0.324 e. The fourth-order valence-corrected chi connectivity index (χ4v) is 5.30. The number of imide groups is 1. The third-order valence-electron chi connectivity index (χ3n) is 6.13. The van der Waals surface area contributed by atoms with Crippen molar-refractivity contribution in [3.8, 4) is 0 Å². The van der Waals surface area contributed by atoms with Crippen LogP contribution in [-0.2, 0) is 19.6 Å². The van der Waals surface area contributed by atoms with Crippen molar-refractivity contribution < 1.29 is 22.8 Å². The third kappa shape index (κ3) is 4.85. The lowest BCUT2D eigenvalue weighted by molar-refractivity contribution is -0.135. The first kappa shape index (κ1) is 22.8. The molecule has 3 N–H and O–H groups in total. The second-order valence-corrected chi connectivity index (χ2v) is 10.3. The van der Waals surface area contributed by atoms with Crippen molar-refractivity contribution in [2.45, 2.75) is 43.0 Å². The monoisotopic (exact) mass is 470 g/mol. The SMILES string of the molecule is CC1CCC2(CC1)NC(=O)N(CC(=O)Nc1cccc(NS(=O)(=O)c3ccccc3)c1)C2=O. The van der Waals surface area contributed by atoms with Crippen LogP contribution in [-0.4, -0.2) is 43.2 Å². The largest absolute Gasteiger partial charge is 0.325 e. The van der Waals surface area contributed by atoms with Crippen LogP contribution >= 0.6 is 0 Å². The molecule has 0 aromatic heterocycles. The van der Waals surface area contributed by atoms with E-state index in [4.69, 9.17) is 0 Å². The molecule has 2 aromatic rings. The van der Waals surface area contributed by atoms with Crippen LogP contribution in [0.25, 0.3) is 0 Å². The maximum Gasteiger partial charge on any atom is 0.325 e. The molecule has 1 aliphatic carbocycles. The zero-order valence-corrected chi connectivity index (χ0v) is 19.0. The van der Waals surface area contributed by atoms with Gasteiger partial charge < -0.3 is 10.6 Å². The minimum Gasteiger partial charge on any atom is -0.324 e. The molecule has 0 unspecified atom stereocenters. The zero-order chi connectivity index (χ0) is 23.6. The molecule has 10 heteroatoms. The van der Waals surface area contributed by atoms with Gasteiger partial charge in [-0.2, -0.15) is 0 Å². The van der Waals surface area contributed by atoms with Gasteiger partial charge in [0.15, 0.2) is 0 Å². The van der Waals surface area contributed by atoms with Gasteiger partial charge in [-0.25, -0.2) is 13.2 Å². The maximum atomic E-state index is 12.9. The summed E-state index contributed by atoms with van der Waals surface area (Å²) in [5.74, 6) is -0.411. The number of carbonyl (C=O) groups excluding carboxylic acids is 3. The molecular weight excluding hydrogens is 444 g/mol. The minimum absolute atomic E-state index is 0.115. The summed E-state index contributed by atoms with van der Waals surface area (Å²) < 4.78 is 27.5. The second kappa shape index (κ2) is 8.86. The molecule has 4 rings (SSSR count). The number of hydrogen-bond acceptors (Lipinski definition) is 5. The molecule has 1 heterocycles. The van der Waals surface area contributed by atoms with Crippen LogP contribution < -0.4 is 15.4 Å². The first-order chi connectivity index (χ1) is 15.7. The molecule has 4 amide bonds. The van der Waals surface area contributed by atoms with E-state index >= 15 is 0 Å². The Balaban J connectivity index is 1.40. The molecule has 1 saturated carbocycles. The van der Waals surface area contributed by atoms with Crippen molar-refractivity contribution in [2.24, 2.45) is 5.92 Å². The lowest BCUT2D eigenvalue weighted by Gasteiger charge is -2.33. The number of urea groups is 1. The lowest BCUT2D eigenvalue weighted by atomic mass is 9.77. The average molecular weight is 471 g/mol. The molecule has 0 bridgehead atoms. The normalized spacial score (nSPS) is 22.8. The van der Waals surface area contributed by atoms with E-state index in [-0.39, 0.29) is 16.5 Å². The van der Waals surface area contributed by atoms with Gasteiger partial charge in [0.1, 0.15) is 12.1 Å². The standard InChI is InChI=1S/C23H26N4O5S/c1-16-10-12-23(13-11-16)21(29)27(22(30)25-23)15-20(28)24-17-6-5-7-18(14-17)26-33(31,32)19-8-3-2-4-9-19/h2-9,14,16,26H,10-13,15H2,1H3,(H,24,28)(H,25,30). The van der Waals surface area contributed by atoms with Gasteiger partial charge in [0.25, 0.3) is 15.9 Å². The number of benzene rings is 2. The third-order valence-corrected chi connectivity index (χ3v) is 7.52. The Kier molecular flexibility index (Phi) is 6.11. The number of hydrogen-bond donors (Lipinski definition) is 3. The number of carbonyl (C=O) groups is 3. The molecule has 0 atom stereocenters. The summed E-state index contributed by atoms with van der Waals surface area (Å²) in [5, 5.41) is 5.42. The molecule has 2 aliphatic rings. The predicted octanol–water partition coefficient (Wildman–Crippen LogP) is 2.93. The highest BCUT2D eigenvalue weighted by atomic mass is 32.2. The van der Waals surface area contributed by atoms with E-state index in [1.807, 2.05) is 0 Å². The van der Waals surface area contributed by atoms with E-state index in [1.54, 1.807) is 36.4 Å². The first-order valence-electron chi connectivity index (χ1n) is 10.8. The highest BCUT2D eigenvalue weighted by Gasteiger charge is 2.52. The molecule has 0 radical (unpaired) electrons. The Hall–Kier alpha value is -3.40. The quantitative estimate of drug-likeness (QED) is 0.560. The van der Waals surface area contributed by atoms with Crippen molar-refractivity contribution in [3.63, 3.8) is 0 Å². The Morgan fingerprint density at radius 2 is 1.73 bits per heavy atom. The highest BCUT2D eigenvalue weighted by molar-refractivity contribution is 7.92. The van der Waals surface area contributed by atoms with Crippen molar-refractivity contribution in [1.82, 2.24) is 10.2 Å². The summed E-state index contributed by atoms with van der Waals surface area (Å²) in [7, 11) is -3.78. The Morgan fingerprint density at radius 3 is 2.42 bits per heavy atom. The Morgan fingerprint density at radius 1 is 1.06 bits per heavy atom. The van der Waals surface area contributed by atoms with Gasteiger partial charge in [0, 0.05) is 5.69 Å². The molecule has 1 saturated heterocycles. The van der Waals surface area contributed by atoms with Crippen LogP contribution in [0.1, 0.15) is 32.6 Å². The van der Waals surface area contributed by atoms with E-state index in [0.717, 1.165) is 17.7 Å². The lowest BCUT2D eigenvalue weighted by Crippen LogP contribution is -2.49. The average Bonchev–Trinajstić information content (AvgIpc) is 3.00. The molecule has 1 aliphatic heterocycles. The van der Waals surface area contributed by atoms with Gasteiger partial charge in [-0.1, -0.05) is 31.2 Å². The van der Waals surface area contributed by atoms with Crippen molar-refractivity contribution in [1.29, 1.82) is 0 Å². The van der Waals surface area contributed by atoms with Gasteiger partial charge in [0.2, 0.25) is 5.91 Å². The fraction of sp³-hybridized carbons (Fsp3) is 0.348. The zero-order valence-electron chi connectivity index (χ0n) is 18.2. The van der Waals surface area contributed by atoms with Crippen LogP contribution in [0.5, 0.6) is 0 Å². The van der Waals surface area contributed by atoms with E-state index in [1.165, 1.54) is 18.2 Å². The Labute approximate surface area is 192 Å². The molecule has 1 spiro atoms. The molecule has 33 heavy (non-hydrogen) atoms. The number of anilines is 2. The second-order valence-electron chi connectivity index (χ2n) is 8.63. The summed E-state index contributed by atoms with van der Waals surface area (Å²) in [6.45, 7) is 1.70. The molecular formula is C23H26N4O5S. The van der Waals surface area contributed by atoms with Gasteiger partial charge in [-0.05, 0) is 61.9 Å². The number of rotatable bonds is 6. The van der Waals surface area contributed by atoms with Crippen molar-refractivity contribution >= 4 is 39.2 Å². The van der Waals surface area contributed by atoms with Crippen molar-refractivity contribution in [3.05, 3.63) is 54.6 Å². The van der Waals surface area contributed by atoms with Crippen LogP contribution in [0.4, 0.5) is 16.2 Å². The van der Waals surface area contributed by atoms with Gasteiger partial charge in [0.05, 0.1) is 10.6 Å². The van der Waals surface area contributed by atoms with Crippen LogP contribution in [0.15, 0.2) is 59.5 Å². The summed E-state index contributed by atoms with van der Waals surface area (Å²) >= 11 is 0. The molecule has 9 nitrogen and oxygen atoms in total. The summed E-state index contributed by atoms with van der Waals surface area (Å²) in [5.41, 5.74) is -0.303. The number of nitrogens with zero attached hydrogens (tertiary/aromatic N) is 1. The van der Waals surface area contributed by atoms with Gasteiger partial charge >= 0.3 is 6.03 Å². The molecule has 174 valence electrons. The van der Waals surface area contributed by atoms with E-state index in [9.17, 15) is 22.8 Å². The van der Waals surface area contributed by atoms with Crippen molar-refractivity contribution in [2.75, 3.05) is 16.6 Å². The van der Waals surface area contributed by atoms with E-state index < -0.39 is 34.0 Å². The fourth-order valence-electron chi connectivity index (χ4n) is 4.23. The minimum atomic E-state index is -3.78. The highest BCUT2D eigenvalue weighted by Crippen LogP contribution is 2.36. The number of sulfonamides is 1. The predicted molar refractivity (Wildman–Crippen MR) is 123 cm³/mol.